The number of H-pyrrole nitrogens is 1. The molecule has 37 heavy (non-hydrogen) atoms. The number of pyridine rings is 1. The number of benzene rings is 2. The van der Waals surface area contributed by atoms with Crippen LogP contribution in [0.5, 0.6) is 0 Å². The van der Waals surface area contributed by atoms with Crippen LogP contribution in [0.4, 0.5) is 0 Å². The van der Waals surface area contributed by atoms with E-state index in [0.29, 0.717) is 13.1 Å². The molecule has 5 rings (SSSR count). The second-order valence-corrected chi connectivity index (χ2v) is 10.1. The van der Waals surface area contributed by atoms with Crippen LogP contribution in [0.2, 0.25) is 0 Å². The lowest BCUT2D eigenvalue weighted by Gasteiger charge is -2.30. The maximum Gasteiger partial charge on any atom is 0.252 e. The summed E-state index contributed by atoms with van der Waals surface area (Å²) in [7, 11) is 0. The number of para-hydroxylation sites is 1. The van der Waals surface area contributed by atoms with Gasteiger partial charge in [-0.2, -0.15) is 0 Å². The quantitative estimate of drug-likeness (QED) is 0.345. The Labute approximate surface area is 217 Å². The zero-order chi connectivity index (χ0) is 25.8. The normalized spacial score (nSPS) is 16.6. The number of aryl methyl sites for hydroxylation is 2. The summed E-state index contributed by atoms with van der Waals surface area (Å²) in [6, 6.07) is 16.6. The van der Waals surface area contributed by atoms with Crippen LogP contribution < -0.4 is 5.56 Å². The molecule has 1 fully saturated rings. The Morgan fingerprint density at radius 1 is 1.14 bits per heavy atom. The van der Waals surface area contributed by atoms with Crippen LogP contribution in [-0.2, 0) is 24.2 Å². The van der Waals surface area contributed by atoms with Crippen LogP contribution in [0, 0.1) is 13.8 Å². The van der Waals surface area contributed by atoms with Gasteiger partial charge in [-0.15, -0.1) is 5.10 Å². The van der Waals surface area contributed by atoms with Gasteiger partial charge in [0.25, 0.3) is 5.56 Å². The highest BCUT2D eigenvalue weighted by Gasteiger charge is 2.27. The van der Waals surface area contributed by atoms with Crippen molar-refractivity contribution < 1.29 is 4.74 Å². The monoisotopic (exact) mass is 500 g/mol. The minimum atomic E-state index is -0.0449. The predicted octanol–water partition coefficient (Wildman–Crippen LogP) is 4.51. The first kappa shape index (κ1) is 25.3. The van der Waals surface area contributed by atoms with Gasteiger partial charge in [-0.1, -0.05) is 49.4 Å². The Bertz CT molecular complexity index is 1410. The molecular formula is C29H36N6O2. The summed E-state index contributed by atoms with van der Waals surface area (Å²) in [4.78, 5) is 18.7. The van der Waals surface area contributed by atoms with Crippen LogP contribution in [0.15, 0.2) is 53.3 Å². The van der Waals surface area contributed by atoms with E-state index in [0.717, 1.165) is 66.7 Å². The van der Waals surface area contributed by atoms with Crippen molar-refractivity contribution in [1.82, 2.24) is 30.1 Å². The number of aromatic amines is 1. The Kier molecular flexibility index (Phi) is 7.76. The maximum absolute atomic E-state index is 13.2. The lowest BCUT2D eigenvalue weighted by atomic mass is 10.0. The SMILES string of the molecule is CC[C@@H](c1nnnn1C[C@@H]1CCCO1)N(CCc1ccccc1C)Cc1cc2cccc(C)c2[nH]c1=O. The molecule has 1 aliphatic rings. The van der Waals surface area contributed by atoms with Crippen molar-refractivity contribution in [2.45, 2.75) is 71.7 Å². The van der Waals surface area contributed by atoms with Gasteiger partial charge in [-0.3, -0.25) is 9.69 Å². The Balaban J connectivity index is 1.47. The molecule has 2 atom stereocenters. The van der Waals surface area contributed by atoms with Crippen molar-refractivity contribution in [3.05, 3.63) is 87.0 Å². The minimum absolute atomic E-state index is 0.0342. The molecule has 0 aliphatic carbocycles. The highest BCUT2D eigenvalue weighted by molar-refractivity contribution is 5.81. The van der Waals surface area contributed by atoms with Gasteiger partial charge in [-0.25, -0.2) is 4.68 Å². The van der Waals surface area contributed by atoms with E-state index in [2.05, 4.69) is 69.6 Å². The molecule has 2 aromatic carbocycles. The van der Waals surface area contributed by atoms with Gasteiger partial charge in [0.2, 0.25) is 0 Å². The van der Waals surface area contributed by atoms with Gasteiger partial charge in [0.05, 0.1) is 24.2 Å². The van der Waals surface area contributed by atoms with Crippen molar-refractivity contribution in [3.63, 3.8) is 0 Å². The van der Waals surface area contributed by atoms with Gasteiger partial charge in [0.15, 0.2) is 5.82 Å². The highest BCUT2D eigenvalue weighted by atomic mass is 16.5. The van der Waals surface area contributed by atoms with Crippen LogP contribution in [0.25, 0.3) is 10.9 Å². The molecule has 0 unspecified atom stereocenters. The first-order valence-electron chi connectivity index (χ1n) is 13.3. The molecule has 0 saturated carbocycles. The zero-order valence-electron chi connectivity index (χ0n) is 22.0. The maximum atomic E-state index is 13.2. The molecule has 3 heterocycles. The van der Waals surface area contributed by atoms with Crippen LogP contribution in [0.3, 0.4) is 0 Å². The Morgan fingerprint density at radius 3 is 2.76 bits per heavy atom. The van der Waals surface area contributed by atoms with E-state index < -0.39 is 0 Å². The first-order chi connectivity index (χ1) is 18.0. The molecule has 0 spiro atoms. The summed E-state index contributed by atoms with van der Waals surface area (Å²) in [5.41, 5.74) is 5.26. The molecule has 194 valence electrons. The second kappa shape index (κ2) is 11.4. The van der Waals surface area contributed by atoms with E-state index in [4.69, 9.17) is 4.74 Å². The largest absolute Gasteiger partial charge is 0.376 e. The molecule has 0 amide bonds. The number of rotatable bonds is 10. The molecule has 8 heteroatoms. The van der Waals surface area contributed by atoms with Gasteiger partial charge in [0, 0.05) is 25.3 Å². The van der Waals surface area contributed by atoms with Crippen molar-refractivity contribution in [2.24, 2.45) is 0 Å². The fourth-order valence-electron chi connectivity index (χ4n) is 5.43. The van der Waals surface area contributed by atoms with Crippen LogP contribution in [0.1, 0.15) is 60.3 Å². The second-order valence-electron chi connectivity index (χ2n) is 10.1. The number of ether oxygens (including phenoxy) is 1. The predicted molar refractivity (Wildman–Crippen MR) is 144 cm³/mol. The molecule has 1 aliphatic heterocycles. The number of aromatic nitrogens is 5. The fourth-order valence-corrected chi connectivity index (χ4v) is 5.43. The molecule has 2 aromatic heterocycles. The third kappa shape index (κ3) is 5.65. The number of tetrazole rings is 1. The summed E-state index contributed by atoms with van der Waals surface area (Å²) in [5.74, 6) is 0.829. The third-order valence-corrected chi connectivity index (χ3v) is 7.55. The zero-order valence-corrected chi connectivity index (χ0v) is 22.0. The number of nitrogens with zero attached hydrogens (tertiary/aromatic N) is 5. The highest BCUT2D eigenvalue weighted by Crippen LogP contribution is 2.26. The number of nitrogens with one attached hydrogen (secondary N) is 1. The van der Waals surface area contributed by atoms with Crippen LogP contribution >= 0.6 is 0 Å². The van der Waals surface area contributed by atoms with Gasteiger partial charge >= 0.3 is 0 Å². The first-order valence-corrected chi connectivity index (χ1v) is 13.3. The summed E-state index contributed by atoms with van der Waals surface area (Å²) >= 11 is 0. The topological polar surface area (TPSA) is 88.9 Å². The molecule has 1 saturated heterocycles. The average Bonchev–Trinajstić information content (AvgIpc) is 3.58. The third-order valence-electron chi connectivity index (χ3n) is 7.55. The Hall–Kier alpha value is -3.36. The number of hydrogen-bond donors (Lipinski definition) is 1. The molecule has 8 nitrogen and oxygen atoms in total. The van der Waals surface area contributed by atoms with Gasteiger partial charge in [0.1, 0.15) is 0 Å². The van der Waals surface area contributed by atoms with E-state index in [1.165, 1.54) is 11.1 Å². The fraction of sp³-hybridized carbons (Fsp3) is 0.448. The molecule has 1 N–H and O–H groups in total. The Morgan fingerprint density at radius 2 is 1.97 bits per heavy atom. The number of hydrogen-bond acceptors (Lipinski definition) is 6. The smallest absolute Gasteiger partial charge is 0.252 e. The summed E-state index contributed by atoms with van der Waals surface area (Å²) < 4.78 is 7.76. The van der Waals surface area contributed by atoms with E-state index in [1.54, 1.807) is 0 Å². The summed E-state index contributed by atoms with van der Waals surface area (Å²) in [6.07, 6.45) is 3.95. The minimum Gasteiger partial charge on any atom is -0.376 e. The van der Waals surface area contributed by atoms with Crippen molar-refractivity contribution in [1.29, 1.82) is 0 Å². The average molecular weight is 501 g/mol. The lowest BCUT2D eigenvalue weighted by molar-refractivity contribution is 0.0893. The summed E-state index contributed by atoms with van der Waals surface area (Å²) in [6.45, 7) is 9.07. The van der Waals surface area contributed by atoms with Crippen molar-refractivity contribution in [2.75, 3.05) is 13.2 Å². The lowest BCUT2D eigenvalue weighted by Crippen LogP contribution is -2.35. The number of fused-ring (bicyclic) bond motifs is 1. The molecule has 0 radical (unpaired) electrons. The molecular weight excluding hydrogens is 464 g/mol. The summed E-state index contributed by atoms with van der Waals surface area (Å²) in [5, 5.41) is 13.9. The van der Waals surface area contributed by atoms with Crippen molar-refractivity contribution >= 4 is 10.9 Å². The standard InChI is InChI=1S/C29H36N6O2/c1-4-26(28-31-32-33-35(28)19-25-13-8-16-37-25)34(15-14-22-11-6-5-9-20(22)2)18-24-17-23-12-7-10-21(3)27(23)30-29(24)36/h5-7,9-12,17,25-26H,4,8,13-16,18-19H2,1-3H3,(H,30,36)/t25-,26-/m0/s1. The van der Waals surface area contributed by atoms with E-state index in [9.17, 15) is 4.79 Å². The van der Waals surface area contributed by atoms with Gasteiger partial charge < -0.3 is 9.72 Å². The van der Waals surface area contributed by atoms with Gasteiger partial charge in [-0.05, 0) is 78.1 Å². The van der Waals surface area contributed by atoms with Crippen LogP contribution in [-0.4, -0.2) is 49.3 Å². The molecule has 0 bridgehead atoms. The van der Waals surface area contributed by atoms with Crippen molar-refractivity contribution in [3.8, 4) is 0 Å². The van der Waals surface area contributed by atoms with E-state index in [-0.39, 0.29) is 17.7 Å². The van der Waals surface area contributed by atoms with E-state index >= 15 is 0 Å². The van der Waals surface area contributed by atoms with E-state index in [1.807, 2.05) is 29.8 Å². The molecule has 4 aromatic rings.